The molecule has 0 aliphatic heterocycles. The summed E-state index contributed by atoms with van der Waals surface area (Å²) in [5.41, 5.74) is 3.29. The van der Waals surface area contributed by atoms with Gasteiger partial charge in [-0.3, -0.25) is 4.57 Å². The van der Waals surface area contributed by atoms with E-state index < -0.39 is 0 Å². The fourth-order valence-corrected chi connectivity index (χ4v) is 4.05. The molecule has 4 rings (SSSR count). The van der Waals surface area contributed by atoms with Crippen LogP contribution in [0.3, 0.4) is 0 Å². The number of hydrogen-bond donors (Lipinski definition) is 0. The maximum absolute atomic E-state index is 5.39. The SMILES string of the molecule is Cc1ccccc1-n1cnnc1SCc1csc(-c2ccco2)n1. The standard InChI is InChI=1S/C17H14N4OS2/c1-12-5-2-3-6-14(12)21-11-18-20-17(21)24-10-13-9-23-16(19-13)15-7-4-8-22-15/h2-9,11H,10H2,1H3. The van der Waals surface area contributed by atoms with E-state index in [-0.39, 0.29) is 0 Å². The van der Waals surface area contributed by atoms with Gasteiger partial charge in [0.05, 0.1) is 17.6 Å². The first-order valence-corrected chi connectivity index (χ1v) is 9.25. The van der Waals surface area contributed by atoms with Crippen LogP contribution in [0.1, 0.15) is 11.3 Å². The third-order valence-electron chi connectivity index (χ3n) is 3.52. The average molecular weight is 354 g/mol. The Morgan fingerprint density at radius 1 is 1.21 bits per heavy atom. The van der Waals surface area contributed by atoms with Crippen molar-refractivity contribution < 1.29 is 4.42 Å². The molecule has 0 aliphatic carbocycles. The number of thiazole rings is 1. The number of furan rings is 1. The smallest absolute Gasteiger partial charge is 0.196 e. The van der Waals surface area contributed by atoms with Crippen molar-refractivity contribution in [2.45, 2.75) is 17.8 Å². The van der Waals surface area contributed by atoms with Gasteiger partial charge >= 0.3 is 0 Å². The fourth-order valence-electron chi connectivity index (χ4n) is 2.35. The molecule has 0 fully saturated rings. The highest BCUT2D eigenvalue weighted by Gasteiger charge is 2.11. The number of rotatable bonds is 5. The van der Waals surface area contributed by atoms with E-state index in [1.54, 1.807) is 35.7 Å². The summed E-state index contributed by atoms with van der Waals surface area (Å²) in [5.74, 6) is 1.54. The summed E-state index contributed by atoms with van der Waals surface area (Å²) in [4.78, 5) is 4.62. The van der Waals surface area contributed by atoms with Gasteiger partial charge in [-0.15, -0.1) is 21.5 Å². The summed E-state index contributed by atoms with van der Waals surface area (Å²) in [6, 6.07) is 12.0. The lowest BCUT2D eigenvalue weighted by molar-refractivity contribution is 0.581. The van der Waals surface area contributed by atoms with Gasteiger partial charge in [-0.1, -0.05) is 30.0 Å². The summed E-state index contributed by atoms with van der Waals surface area (Å²) in [7, 11) is 0. The predicted molar refractivity (Wildman–Crippen MR) is 95.5 cm³/mol. The van der Waals surface area contributed by atoms with E-state index in [1.165, 1.54) is 5.56 Å². The first-order chi connectivity index (χ1) is 11.8. The Labute approximate surface area is 147 Å². The number of nitrogens with zero attached hydrogens (tertiary/aromatic N) is 4. The number of hydrogen-bond acceptors (Lipinski definition) is 6. The molecule has 4 aromatic rings. The molecule has 0 aliphatic rings. The van der Waals surface area contributed by atoms with Gasteiger partial charge in [-0.2, -0.15) is 0 Å². The van der Waals surface area contributed by atoms with Gasteiger partial charge in [-0.05, 0) is 30.7 Å². The zero-order valence-electron chi connectivity index (χ0n) is 12.9. The zero-order chi connectivity index (χ0) is 16.4. The largest absolute Gasteiger partial charge is 0.462 e. The first-order valence-electron chi connectivity index (χ1n) is 7.38. The Morgan fingerprint density at radius 3 is 2.96 bits per heavy atom. The highest BCUT2D eigenvalue weighted by molar-refractivity contribution is 7.98. The van der Waals surface area contributed by atoms with Crippen LogP contribution in [0, 0.1) is 6.92 Å². The zero-order valence-corrected chi connectivity index (χ0v) is 14.5. The number of para-hydroxylation sites is 1. The van der Waals surface area contributed by atoms with Crippen LogP contribution in [0.15, 0.2) is 63.9 Å². The Bertz CT molecular complexity index is 943. The van der Waals surface area contributed by atoms with Crippen molar-refractivity contribution in [3.8, 4) is 16.5 Å². The second kappa shape index (κ2) is 6.62. The molecule has 0 N–H and O–H groups in total. The molecule has 0 saturated heterocycles. The Hall–Kier alpha value is -2.38. The van der Waals surface area contributed by atoms with E-state index >= 15 is 0 Å². The molecule has 0 atom stereocenters. The predicted octanol–water partition coefficient (Wildman–Crippen LogP) is 4.58. The van der Waals surface area contributed by atoms with E-state index in [4.69, 9.17) is 4.42 Å². The molecule has 120 valence electrons. The van der Waals surface area contributed by atoms with Crippen molar-refractivity contribution in [2.24, 2.45) is 0 Å². The molecule has 0 saturated carbocycles. The normalized spacial score (nSPS) is 11.0. The van der Waals surface area contributed by atoms with Crippen LogP contribution >= 0.6 is 23.1 Å². The minimum atomic E-state index is 0.738. The first kappa shape index (κ1) is 15.2. The Morgan fingerprint density at radius 2 is 2.12 bits per heavy atom. The summed E-state index contributed by atoms with van der Waals surface area (Å²) < 4.78 is 7.40. The minimum absolute atomic E-state index is 0.738. The van der Waals surface area contributed by atoms with E-state index in [0.717, 1.165) is 33.1 Å². The summed E-state index contributed by atoms with van der Waals surface area (Å²) >= 11 is 3.21. The van der Waals surface area contributed by atoms with E-state index in [9.17, 15) is 0 Å². The van der Waals surface area contributed by atoms with Gasteiger partial charge in [0.2, 0.25) is 0 Å². The quantitative estimate of drug-likeness (QED) is 0.491. The van der Waals surface area contributed by atoms with Crippen molar-refractivity contribution in [1.29, 1.82) is 0 Å². The molecule has 3 heterocycles. The molecule has 5 nitrogen and oxygen atoms in total. The molecule has 7 heteroatoms. The van der Waals surface area contributed by atoms with Crippen molar-refractivity contribution in [3.63, 3.8) is 0 Å². The lowest BCUT2D eigenvalue weighted by atomic mass is 10.2. The number of thioether (sulfide) groups is 1. The summed E-state index contributed by atoms with van der Waals surface area (Å²) in [6.07, 6.45) is 3.41. The molecular formula is C17H14N4OS2. The molecule has 24 heavy (non-hydrogen) atoms. The van der Waals surface area contributed by atoms with Crippen LogP contribution in [0.5, 0.6) is 0 Å². The molecule has 0 bridgehead atoms. The van der Waals surface area contributed by atoms with Gasteiger partial charge in [-0.25, -0.2) is 4.98 Å². The van der Waals surface area contributed by atoms with Gasteiger partial charge < -0.3 is 4.42 Å². The Balaban J connectivity index is 1.52. The van der Waals surface area contributed by atoms with Crippen LogP contribution < -0.4 is 0 Å². The van der Waals surface area contributed by atoms with E-state index in [2.05, 4.69) is 39.6 Å². The van der Waals surface area contributed by atoms with Crippen molar-refractivity contribution in [1.82, 2.24) is 19.7 Å². The van der Waals surface area contributed by atoms with Crippen LogP contribution in [0.2, 0.25) is 0 Å². The lowest BCUT2D eigenvalue weighted by Crippen LogP contribution is -1.97. The van der Waals surface area contributed by atoms with Crippen molar-refractivity contribution in [3.05, 3.63) is 65.6 Å². The monoisotopic (exact) mass is 354 g/mol. The van der Waals surface area contributed by atoms with E-state index in [1.807, 2.05) is 28.8 Å². The van der Waals surface area contributed by atoms with Crippen molar-refractivity contribution >= 4 is 23.1 Å². The molecule has 0 unspecified atom stereocenters. The van der Waals surface area contributed by atoms with E-state index in [0.29, 0.717) is 0 Å². The number of benzene rings is 1. The summed E-state index contributed by atoms with van der Waals surface area (Å²) in [5, 5.41) is 12.1. The average Bonchev–Trinajstić information content (AvgIpc) is 3.34. The van der Waals surface area contributed by atoms with Crippen LogP contribution in [-0.2, 0) is 5.75 Å². The lowest BCUT2D eigenvalue weighted by Gasteiger charge is -2.08. The highest BCUT2D eigenvalue weighted by atomic mass is 32.2. The topological polar surface area (TPSA) is 56.7 Å². The van der Waals surface area contributed by atoms with Gasteiger partial charge in [0, 0.05) is 11.1 Å². The van der Waals surface area contributed by atoms with Crippen molar-refractivity contribution in [2.75, 3.05) is 0 Å². The van der Waals surface area contributed by atoms with Gasteiger partial charge in [0.1, 0.15) is 6.33 Å². The second-order valence-corrected chi connectivity index (χ2v) is 6.98. The molecule has 0 amide bonds. The molecule has 3 aromatic heterocycles. The fraction of sp³-hybridized carbons (Fsp3) is 0.118. The maximum Gasteiger partial charge on any atom is 0.196 e. The molecule has 0 radical (unpaired) electrons. The number of aryl methyl sites for hydroxylation is 1. The van der Waals surface area contributed by atoms with Crippen LogP contribution in [-0.4, -0.2) is 19.7 Å². The minimum Gasteiger partial charge on any atom is -0.462 e. The Kier molecular flexibility index (Phi) is 4.18. The maximum atomic E-state index is 5.39. The third kappa shape index (κ3) is 3.00. The molecule has 1 aromatic carbocycles. The second-order valence-electron chi connectivity index (χ2n) is 5.18. The third-order valence-corrected chi connectivity index (χ3v) is 5.41. The molecule has 0 spiro atoms. The summed E-state index contributed by atoms with van der Waals surface area (Å²) in [6.45, 7) is 2.08. The van der Waals surface area contributed by atoms with Crippen LogP contribution in [0.25, 0.3) is 16.5 Å². The number of aromatic nitrogens is 4. The van der Waals surface area contributed by atoms with Gasteiger partial charge in [0.15, 0.2) is 15.9 Å². The molecular weight excluding hydrogens is 340 g/mol. The van der Waals surface area contributed by atoms with Crippen LogP contribution in [0.4, 0.5) is 0 Å². The van der Waals surface area contributed by atoms with Gasteiger partial charge in [0.25, 0.3) is 0 Å². The highest BCUT2D eigenvalue weighted by Crippen LogP contribution is 2.28.